The zero-order valence-electron chi connectivity index (χ0n) is 19.1. The summed E-state index contributed by atoms with van der Waals surface area (Å²) in [5.41, 5.74) is 4.54. The molecule has 0 saturated heterocycles. The quantitative estimate of drug-likeness (QED) is 0.412. The summed E-state index contributed by atoms with van der Waals surface area (Å²) in [7, 11) is 1.50. The highest BCUT2D eigenvalue weighted by Gasteiger charge is 2.24. The fourth-order valence-corrected chi connectivity index (χ4v) is 3.32. The second-order valence-electron chi connectivity index (χ2n) is 7.75. The number of cyclic esters (lactones) is 1. The third-order valence-electron chi connectivity index (χ3n) is 5.28. The van der Waals surface area contributed by atoms with Crippen LogP contribution in [0.5, 0.6) is 11.5 Å². The Kier molecular flexibility index (Phi) is 6.73. The van der Waals surface area contributed by atoms with Gasteiger partial charge in [-0.15, -0.1) is 0 Å². The number of benzene rings is 3. The molecule has 0 atom stereocenters. The van der Waals surface area contributed by atoms with Crippen LogP contribution in [0, 0.1) is 13.8 Å². The van der Waals surface area contributed by atoms with E-state index in [1.54, 1.807) is 24.3 Å². The summed E-state index contributed by atoms with van der Waals surface area (Å²) in [4.78, 5) is 28.9. The molecule has 0 aromatic heterocycles. The van der Waals surface area contributed by atoms with Crippen molar-refractivity contribution in [3.05, 3.63) is 94.7 Å². The number of carbonyl (C=O) groups is 2. The smallest absolute Gasteiger partial charge is 0.363 e. The van der Waals surface area contributed by atoms with Crippen molar-refractivity contribution in [3.8, 4) is 11.5 Å². The number of amides is 1. The fraction of sp³-hybridized carbons (Fsp3) is 0.148. The summed E-state index contributed by atoms with van der Waals surface area (Å²) in [6.45, 7) is 3.82. The number of hydrogen-bond donors (Lipinski definition) is 1. The summed E-state index contributed by atoms with van der Waals surface area (Å²) >= 11 is 0. The van der Waals surface area contributed by atoms with Crippen LogP contribution in [0.3, 0.4) is 0 Å². The van der Waals surface area contributed by atoms with Gasteiger partial charge in [0.25, 0.3) is 5.91 Å². The maximum atomic E-state index is 12.3. The molecule has 7 heteroatoms. The van der Waals surface area contributed by atoms with E-state index >= 15 is 0 Å². The highest BCUT2D eigenvalue weighted by Crippen LogP contribution is 2.30. The van der Waals surface area contributed by atoms with Gasteiger partial charge < -0.3 is 19.5 Å². The Hall–Kier alpha value is -4.39. The van der Waals surface area contributed by atoms with Gasteiger partial charge in [0.05, 0.1) is 7.11 Å². The number of nitrogens with zero attached hydrogens (tertiary/aromatic N) is 1. The number of ether oxygens (including phenoxy) is 3. The number of rotatable bonds is 7. The number of esters is 1. The SMILES string of the molecule is COc1cc(/C=C2/N=C(c3ccccc3)OC2=O)ccc1OCC(=O)Nc1ccc(C)c(C)c1. The van der Waals surface area contributed by atoms with Crippen LogP contribution in [-0.2, 0) is 14.3 Å². The van der Waals surface area contributed by atoms with E-state index in [-0.39, 0.29) is 24.1 Å². The minimum Gasteiger partial charge on any atom is -0.493 e. The van der Waals surface area contributed by atoms with Crippen molar-refractivity contribution >= 4 is 29.5 Å². The zero-order valence-corrected chi connectivity index (χ0v) is 19.1. The van der Waals surface area contributed by atoms with E-state index in [2.05, 4.69) is 10.3 Å². The van der Waals surface area contributed by atoms with E-state index in [4.69, 9.17) is 14.2 Å². The van der Waals surface area contributed by atoms with Crippen LogP contribution in [-0.4, -0.2) is 31.5 Å². The number of aliphatic imine (C=N–C) groups is 1. The summed E-state index contributed by atoms with van der Waals surface area (Å²) in [6, 6.07) is 20.0. The van der Waals surface area contributed by atoms with Crippen molar-refractivity contribution < 1.29 is 23.8 Å². The number of anilines is 1. The molecule has 1 N–H and O–H groups in total. The molecule has 0 bridgehead atoms. The first-order valence-corrected chi connectivity index (χ1v) is 10.7. The predicted molar refractivity (Wildman–Crippen MR) is 130 cm³/mol. The molecule has 1 heterocycles. The molecule has 1 amide bonds. The van der Waals surface area contributed by atoms with Crippen molar-refractivity contribution in [1.29, 1.82) is 0 Å². The number of methoxy groups -OCH3 is 1. The second kappa shape index (κ2) is 10.0. The second-order valence-corrected chi connectivity index (χ2v) is 7.75. The van der Waals surface area contributed by atoms with Crippen LogP contribution >= 0.6 is 0 Å². The molecular formula is C27H24N2O5. The van der Waals surface area contributed by atoms with Crippen molar-refractivity contribution in [2.75, 3.05) is 19.0 Å². The molecular weight excluding hydrogens is 432 g/mol. The minimum absolute atomic E-state index is 0.180. The number of carbonyl (C=O) groups excluding carboxylic acids is 2. The van der Waals surface area contributed by atoms with Gasteiger partial charge in [-0.2, -0.15) is 0 Å². The maximum Gasteiger partial charge on any atom is 0.363 e. The third kappa shape index (κ3) is 5.32. The molecule has 1 aliphatic heterocycles. The Balaban J connectivity index is 1.44. The van der Waals surface area contributed by atoms with Gasteiger partial charge >= 0.3 is 5.97 Å². The van der Waals surface area contributed by atoms with Gasteiger partial charge in [0, 0.05) is 11.3 Å². The monoisotopic (exact) mass is 456 g/mol. The lowest BCUT2D eigenvalue weighted by molar-refractivity contribution is -0.130. The van der Waals surface area contributed by atoms with Crippen LogP contribution in [0.4, 0.5) is 5.69 Å². The third-order valence-corrected chi connectivity index (χ3v) is 5.28. The van der Waals surface area contributed by atoms with Gasteiger partial charge in [-0.1, -0.05) is 30.3 Å². The normalized spacial score (nSPS) is 13.9. The highest BCUT2D eigenvalue weighted by molar-refractivity contribution is 6.12. The van der Waals surface area contributed by atoms with E-state index in [1.807, 2.05) is 62.4 Å². The lowest BCUT2D eigenvalue weighted by atomic mass is 10.1. The molecule has 172 valence electrons. The molecule has 0 radical (unpaired) electrons. The van der Waals surface area contributed by atoms with E-state index in [0.29, 0.717) is 22.7 Å². The molecule has 0 unspecified atom stereocenters. The molecule has 0 fully saturated rings. The maximum absolute atomic E-state index is 12.3. The summed E-state index contributed by atoms with van der Waals surface area (Å²) in [6.07, 6.45) is 1.61. The first-order valence-electron chi connectivity index (χ1n) is 10.7. The number of nitrogens with one attached hydrogen (secondary N) is 1. The first kappa shape index (κ1) is 22.8. The molecule has 34 heavy (non-hydrogen) atoms. The van der Waals surface area contributed by atoms with Crippen molar-refractivity contribution in [2.45, 2.75) is 13.8 Å². The van der Waals surface area contributed by atoms with Gasteiger partial charge in [-0.05, 0) is 73.0 Å². The van der Waals surface area contributed by atoms with Crippen molar-refractivity contribution in [3.63, 3.8) is 0 Å². The Morgan fingerprint density at radius 3 is 2.53 bits per heavy atom. The topological polar surface area (TPSA) is 86.2 Å². The van der Waals surface area contributed by atoms with E-state index < -0.39 is 5.97 Å². The van der Waals surface area contributed by atoms with Crippen molar-refractivity contribution in [1.82, 2.24) is 0 Å². The van der Waals surface area contributed by atoms with Gasteiger partial charge in [0.2, 0.25) is 5.90 Å². The minimum atomic E-state index is -0.527. The van der Waals surface area contributed by atoms with E-state index in [1.165, 1.54) is 7.11 Å². The molecule has 0 aliphatic carbocycles. The van der Waals surface area contributed by atoms with Gasteiger partial charge in [-0.25, -0.2) is 9.79 Å². The Labute approximate surface area is 197 Å². The molecule has 3 aromatic carbocycles. The lowest BCUT2D eigenvalue weighted by Crippen LogP contribution is -2.20. The number of hydrogen-bond acceptors (Lipinski definition) is 6. The van der Waals surface area contributed by atoms with E-state index in [9.17, 15) is 9.59 Å². The van der Waals surface area contributed by atoms with Crippen LogP contribution < -0.4 is 14.8 Å². The summed E-state index contributed by atoms with van der Waals surface area (Å²) in [5, 5.41) is 2.82. The molecule has 0 saturated carbocycles. The molecule has 4 rings (SSSR count). The van der Waals surface area contributed by atoms with Crippen LogP contribution in [0.25, 0.3) is 6.08 Å². The average molecular weight is 456 g/mol. The average Bonchev–Trinajstić information content (AvgIpc) is 3.21. The highest BCUT2D eigenvalue weighted by atomic mass is 16.6. The molecule has 0 spiro atoms. The molecule has 7 nitrogen and oxygen atoms in total. The van der Waals surface area contributed by atoms with Gasteiger partial charge in [0.1, 0.15) is 0 Å². The van der Waals surface area contributed by atoms with Crippen molar-refractivity contribution in [2.24, 2.45) is 4.99 Å². The molecule has 3 aromatic rings. The van der Waals surface area contributed by atoms with Crippen LogP contribution in [0.2, 0.25) is 0 Å². The summed E-state index contributed by atoms with van der Waals surface area (Å²) in [5.74, 6) is 0.280. The Morgan fingerprint density at radius 2 is 1.79 bits per heavy atom. The van der Waals surface area contributed by atoms with E-state index in [0.717, 1.165) is 16.7 Å². The molecule has 1 aliphatic rings. The zero-order chi connectivity index (χ0) is 24.1. The largest absolute Gasteiger partial charge is 0.493 e. The van der Waals surface area contributed by atoms with Gasteiger partial charge in [-0.3, -0.25) is 4.79 Å². The standard InChI is InChI=1S/C27H24N2O5/c1-17-9-11-21(13-18(17)2)28-25(30)16-33-23-12-10-19(15-24(23)32-3)14-22-27(31)34-26(29-22)20-7-5-4-6-8-20/h4-15H,16H2,1-3H3,(H,28,30)/b22-14+. The fourth-order valence-electron chi connectivity index (χ4n) is 3.32. The Bertz CT molecular complexity index is 1300. The van der Waals surface area contributed by atoms with Crippen LogP contribution in [0.1, 0.15) is 22.3 Å². The predicted octanol–water partition coefficient (Wildman–Crippen LogP) is 4.67. The van der Waals surface area contributed by atoms with Crippen LogP contribution in [0.15, 0.2) is 77.4 Å². The summed E-state index contributed by atoms with van der Waals surface area (Å²) < 4.78 is 16.4. The number of aryl methyl sites for hydroxylation is 2. The van der Waals surface area contributed by atoms with Gasteiger partial charge in [0.15, 0.2) is 23.8 Å². The lowest BCUT2D eigenvalue weighted by Gasteiger charge is -2.12. The first-order chi connectivity index (χ1) is 16.4. The Morgan fingerprint density at radius 1 is 1.00 bits per heavy atom.